The predicted molar refractivity (Wildman–Crippen MR) is 198 cm³/mol. The minimum atomic E-state index is -0.344. The molecule has 1 amide bonds. The van der Waals surface area contributed by atoms with Gasteiger partial charge in [-0.05, 0) is 55.0 Å². The van der Waals surface area contributed by atoms with E-state index in [-0.39, 0.29) is 17.9 Å². The number of nitrogens with zero attached hydrogens (tertiary/aromatic N) is 7. The predicted octanol–water partition coefficient (Wildman–Crippen LogP) is 3.47. The van der Waals surface area contributed by atoms with Gasteiger partial charge in [-0.25, -0.2) is 14.8 Å². The lowest BCUT2D eigenvalue weighted by Gasteiger charge is -2.46. The zero-order chi connectivity index (χ0) is 36.3. The Morgan fingerprint density at radius 3 is 2.62 bits per heavy atom. The molecule has 13 nitrogen and oxygen atoms in total. The van der Waals surface area contributed by atoms with E-state index in [2.05, 4.69) is 57.4 Å². The second-order valence-corrected chi connectivity index (χ2v) is 15.2. The van der Waals surface area contributed by atoms with Crippen LogP contribution in [0.1, 0.15) is 53.6 Å². The number of aliphatic hydroxyl groups excluding tert-OH is 1. The third kappa shape index (κ3) is 5.78. The highest BCUT2D eigenvalue weighted by molar-refractivity contribution is 6.08. The maximum Gasteiger partial charge on any atom is 0.280 e. The highest BCUT2D eigenvalue weighted by atomic mass is 16.5. The maximum absolute atomic E-state index is 14.2. The van der Waals surface area contributed by atoms with Crippen molar-refractivity contribution in [3.8, 4) is 5.75 Å². The quantitative estimate of drug-likeness (QED) is 0.335. The molecule has 3 aromatic heterocycles. The van der Waals surface area contributed by atoms with Crippen LogP contribution in [-0.4, -0.2) is 107 Å². The van der Waals surface area contributed by atoms with Crippen LogP contribution in [0.3, 0.4) is 0 Å². The summed E-state index contributed by atoms with van der Waals surface area (Å²) in [4.78, 5) is 44.0. The van der Waals surface area contributed by atoms with Gasteiger partial charge in [-0.3, -0.25) is 14.6 Å². The van der Waals surface area contributed by atoms with Gasteiger partial charge in [0.15, 0.2) is 17.4 Å². The van der Waals surface area contributed by atoms with Crippen LogP contribution in [0.25, 0.3) is 5.57 Å². The highest BCUT2D eigenvalue weighted by Gasteiger charge is 2.42. The normalized spacial score (nSPS) is 21.7. The van der Waals surface area contributed by atoms with E-state index < -0.39 is 0 Å². The van der Waals surface area contributed by atoms with Gasteiger partial charge in [-0.1, -0.05) is 13.8 Å². The van der Waals surface area contributed by atoms with Crippen LogP contribution < -0.4 is 19.9 Å². The van der Waals surface area contributed by atoms with E-state index in [0.29, 0.717) is 70.8 Å². The van der Waals surface area contributed by atoms with Gasteiger partial charge in [-0.15, -0.1) is 0 Å². The number of hydrogen-bond donors (Lipinski definition) is 2. The van der Waals surface area contributed by atoms with E-state index in [1.165, 1.54) is 5.69 Å². The molecule has 13 heteroatoms. The number of pyridine rings is 2. The van der Waals surface area contributed by atoms with Crippen molar-refractivity contribution in [1.82, 2.24) is 24.3 Å². The monoisotopic (exact) mass is 706 g/mol. The Morgan fingerprint density at radius 1 is 1.12 bits per heavy atom. The molecule has 52 heavy (non-hydrogen) atoms. The Bertz CT molecular complexity index is 2000. The number of carbonyl (C=O) groups excluding carboxylic acids is 2. The Labute approximate surface area is 303 Å². The molecule has 1 atom stereocenters. The van der Waals surface area contributed by atoms with E-state index in [4.69, 9.17) is 14.5 Å². The van der Waals surface area contributed by atoms with Gasteiger partial charge in [0.2, 0.25) is 0 Å². The number of carbonyl (C=O) groups is 1. The van der Waals surface area contributed by atoms with Gasteiger partial charge >= 0.3 is 0 Å². The molecule has 3 aromatic rings. The van der Waals surface area contributed by atoms with Crippen molar-refractivity contribution in [1.29, 1.82) is 0 Å². The molecule has 272 valence electrons. The minimum Gasteiger partial charge on any atom is -0.494 e. The summed E-state index contributed by atoms with van der Waals surface area (Å²) in [6, 6.07) is 6.66. The molecule has 5 aliphatic rings. The van der Waals surface area contributed by atoms with Gasteiger partial charge in [0.1, 0.15) is 17.3 Å². The maximum atomic E-state index is 14.2. The number of rotatable bonds is 8. The molecule has 0 radical (unpaired) electrons. The summed E-state index contributed by atoms with van der Waals surface area (Å²) in [5, 5.41) is 14.1. The van der Waals surface area contributed by atoms with Crippen LogP contribution >= 0.6 is 0 Å². The molecule has 2 fully saturated rings. The summed E-state index contributed by atoms with van der Waals surface area (Å²) >= 11 is 0. The zero-order valence-corrected chi connectivity index (χ0v) is 30.5. The lowest BCUT2D eigenvalue weighted by atomic mass is 9.90. The minimum absolute atomic E-state index is 0.112. The largest absolute Gasteiger partial charge is 0.494 e. The number of allylic oxidation sites excluding steroid dienone is 2. The molecule has 0 aromatic carbocycles. The third-order valence-corrected chi connectivity index (χ3v) is 11.2. The molecule has 2 N–H and O–H groups in total. The van der Waals surface area contributed by atoms with E-state index in [0.717, 1.165) is 62.5 Å². The van der Waals surface area contributed by atoms with Crippen molar-refractivity contribution >= 4 is 34.7 Å². The Morgan fingerprint density at radius 2 is 1.94 bits per heavy atom. The Hall–Kier alpha value is -4.94. The van der Waals surface area contributed by atoms with E-state index >= 15 is 0 Å². The Balaban J connectivity index is 1.05. The van der Waals surface area contributed by atoms with Crippen molar-refractivity contribution in [2.75, 3.05) is 68.7 Å². The average Bonchev–Trinajstić information content (AvgIpc) is 3.57. The SMILES string of the molecule is COc1c2c(n3c1C(=O)N(c1nccc(C4=CN(C)C(=C=O)C(Nc5ccc(N6CCN(C7COC7)C[C@@H]6C)cn5)=C4)c1CO)CC3)CC(C)(C)C2. The molecule has 0 unspecified atom stereocenters. The number of fused-ring (bicyclic) bond motifs is 3. The number of hydrogen-bond acceptors (Lipinski definition) is 11. The second kappa shape index (κ2) is 13.2. The van der Waals surface area contributed by atoms with Crippen molar-refractivity contribution in [2.24, 2.45) is 5.41 Å². The van der Waals surface area contributed by atoms with Gasteiger partial charge < -0.3 is 34.3 Å². The molecule has 8 rings (SSSR count). The molecule has 7 heterocycles. The molecule has 2 saturated heterocycles. The average molecular weight is 707 g/mol. The first kappa shape index (κ1) is 34.2. The van der Waals surface area contributed by atoms with Crippen molar-refractivity contribution in [2.45, 2.75) is 58.8 Å². The van der Waals surface area contributed by atoms with Crippen molar-refractivity contribution in [3.63, 3.8) is 0 Å². The number of nitrogens with one attached hydrogen (secondary N) is 1. The van der Waals surface area contributed by atoms with Gasteiger partial charge in [0.05, 0.1) is 50.6 Å². The summed E-state index contributed by atoms with van der Waals surface area (Å²) in [6.07, 6.45) is 8.91. The lowest BCUT2D eigenvalue weighted by molar-refractivity contribution is -0.0691. The van der Waals surface area contributed by atoms with Gasteiger partial charge in [-0.2, -0.15) is 0 Å². The highest BCUT2D eigenvalue weighted by Crippen LogP contribution is 2.46. The fraction of sp³-hybridized carbons (Fsp3) is 0.462. The number of ether oxygens (including phenoxy) is 2. The molecule has 0 bridgehead atoms. The number of methoxy groups -OCH3 is 1. The number of aromatic nitrogens is 3. The smallest absolute Gasteiger partial charge is 0.280 e. The third-order valence-electron chi connectivity index (χ3n) is 11.2. The number of aliphatic hydroxyl groups is 1. The fourth-order valence-electron chi connectivity index (χ4n) is 8.52. The van der Waals surface area contributed by atoms with Crippen LogP contribution in [0.2, 0.25) is 0 Å². The molecular weight excluding hydrogens is 660 g/mol. The van der Waals surface area contributed by atoms with Crippen LogP contribution in [-0.2, 0) is 35.5 Å². The fourth-order valence-corrected chi connectivity index (χ4v) is 8.52. The second-order valence-electron chi connectivity index (χ2n) is 15.2. The first-order chi connectivity index (χ1) is 25.1. The van der Waals surface area contributed by atoms with E-state index in [1.54, 1.807) is 30.2 Å². The van der Waals surface area contributed by atoms with E-state index in [9.17, 15) is 14.7 Å². The molecule has 0 saturated carbocycles. The lowest BCUT2D eigenvalue weighted by Crippen LogP contribution is -2.59. The van der Waals surface area contributed by atoms with Crippen LogP contribution in [0, 0.1) is 5.41 Å². The first-order valence-corrected chi connectivity index (χ1v) is 18.0. The summed E-state index contributed by atoms with van der Waals surface area (Å²) in [7, 11) is 3.40. The summed E-state index contributed by atoms with van der Waals surface area (Å²) < 4.78 is 13.4. The summed E-state index contributed by atoms with van der Waals surface area (Å²) in [6.45, 7) is 11.9. The summed E-state index contributed by atoms with van der Waals surface area (Å²) in [5.41, 5.74) is 6.73. The van der Waals surface area contributed by atoms with Gasteiger partial charge in [0.25, 0.3) is 5.91 Å². The number of likely N-dealkylation sites (N-methyl/N-ethyl adjacent to an activating group) is 1. The van der Waals surface area contributed by atoms with Crippen LogP contribution in [0.4, 0.5) is 17.3 Å². The molecule has 4 aliphatic heterocycles. The Kier molecular flexibility index (Phi) is 8.70. The van der Waals surface area contributed by atoms with Crippen LogP contribution in [0.15, 0.2) is 54.3 Å². The zero-order valence-electron chi connectivity index (χ0n) is 30.5. The number of amides is 1. The standard InChI is InChI=1S/C39H46N8O5/c1-24-18-44(27-22-52-23-27)10-11-45(24)26-6-7-34(41-17-26)42-31-14-25(19-43(4)33(31)21-49)28-8-9-40-37(30(28)20-48)47-13-12-46-32-16-39(2,3)15-29(32)36(51-5)35(46)38(47)50/h6-9,14,17,19,24,27,48H,10-13,15-16,18,20,22-23H2,1-5H3,(H,41,42)/t24-/m0/s1. The molecular formula is C39H46N8O5. The number of anilines is 3. The molecule has 1 aliphatic carbocycles. The van der Waals surface area contributed by atoms with Crippen molar-refractivity contribution < 1.29 is 24.2 Å². The molecule has 0 spiro atoms. The number of piperazine rings is 1. The van der Waals surface area contributed by atoms with Gasteiger partial charge in [0, 0.05) is 80.6 Å². The first-order valence-electron chi connectivity index (χ1n) is 18.0. The topological polar surface area (TPSA) is 129 Å². The summed E-state index contributed by atoms with van der Waals surface area (Å²) in [5.74, 6) is 3.48. The van der Waals surface area contributed by atoms with E-state index in [1.807, 2.05) is 30.6 Å². The van der Waals surface area contributed by atoms with Crippen molar-refractivity contribution in [3.05, 3.63) is 82.3 Å². The van der Waals surface area contributed by atoms with Crippen LogP contribution in [0.5, 0.6) is 5.75 Å².